The summed E-state index contributed by atoms with van der Waals surface area (Å²) >= 11 is 0. The highest BCUT2D eigenvalue weighted by Gasteiger charge is 2.81. The molecular weight excluding hydrogens is 480 g/mol. The van der Waals surface area contributed by atoms with Crippen LogP contribution < -0.4 is 0 Å². The summed E-state index contributed by atoms with van der Waals surface area (Å²) in [6, 6.07) is 0. The number of hydrogen-bond donors (Lipinski definition) is 0. The van der Waals surface area contributed by atoms with Gasteiger partial charge in [0.15, 0.2) is 0 Å². The van der Waals surface area contributed by atoms with Crippen molar-refractivity contribution in [1.29, 1.82) is 0 Å². The Balaban J connectivity index is 0.598. The molecule has 10 spiro atoms. The van der Waals surface area contributed by atoms with E-state index in [1.165, 1.54) is 12.8 Å². The molecule has 0 bridgehead atoms. The van der Waals surface area contributed by atoms with Crippen molar-refractivity contribution in [2.45, 2.75) is 175 Å². The van der Waals surface area contributed by atoms with Crippen LogP contribution in [0.5, 0.6) is 0 Å². The third-order valence-corrected chi connectivity index (χ3v) is 18.6. The van der Waals surface area contributed by atoms with Gasteiger partial charge in [0.05, 0.1) is 0 Å². The fraction of sp³-hybridized carbons (Fsp3) is 1.00. The Morgan fingerprint density at radius 2 is 0.625 bits per heavy atom. The SMILES string of the molecule is CC1CC12CC1(CC3(CC4(CC5(CC6(CC7(CC8(CC9(CC%10(CC(C)(CC%11(C)CC%11)C%10)C9)C8)C7)C6)C5)C4)C3)C1)C2. The fourth-order valence-electron chi connectivity index (χ4n) is 20.4. The molecule has 0 aromatic rings. The van der Waals surface area contributed by atoms with Crippen molar-refractivity contribution in [2.24, 2.45) is 70.9 Å². The van der Waals surface area contributed by atoms with Crippen molar-refractivity contribution >= 4 is 0 Å². The van der Waals surface area contributed by atoms with Gasteiger partial charge in [0, 0.05) is 0 Å². The minimum absolute atomic E-state index is 0.726. The van der Waals surface area contributed by atoms with Gasteiger partial charge in [-0.05, 0) is 225 Å². The topological polar surface area (TPSA) is 0 Å². The van der Waals surface area contributed by atoms with E-state index in [9.17, 15) is 0 Å². The third-order valence-electron chi connectivity index (χ3n) is 18.6. The van der Waals surface area contributed by atoms with Gasteiger partial charge in [-0.3, -0.25) is 0 Å². The second-order valence-electron chi connectivity index (χ2n) is 23.8. The van der Waals surface area contributed by atoms with Crippen molar-refractivity contribution in [3.8, 4) is 0 Å². The first-order valence-corrected chi connectivity index (χ1v) is 18.7. The van der Waals surface area contributed by atoms with Gasteiger partial charge in [-0.25, -0.2) is 0 Å². The van der Waals surface area contributed by atoms with Crippen LogP contribution in [0.1, 0.15) is 175 Å². The second kappa shape index (κ2) is 5.75. The zero-order chi connectivity index (χ0) is 26.5. The Morgan fingerprint density at radius 1 is 0.375 bits per heavy atom. The maximum absolute atomic E-state index is 2.65. The lowest BCUT2D eigenvalue weighted by molar-refractivity contribution is -0.334. The van der Waals surface area contributed by atoms with Crippen molar-refractivity contribution in [3.63, 3.8) is 0 Å². The van der Waals surface area contributed by atoms with Gasteiger partial charge < -0.3 is 0 Å². The normalized spacial score (nSPS) is 72.2. The Kier molecular flexibility index (Phi) is 3.36. The van der Waals surface area contributed by atoms with E-state index in [1.807, 2.05) is 0 Å². The monoisotopic (exact) mass is 538 g/mol. The van der Waals surface area contributed by atoms with Gasteiger partial charge in [-0.2, -0.15) is 0 Å². The predicted octanol–water partition coefficient (Wildman–Crippen LogP) is 11.0. The summed E-state index contributed by atoms with van der Waals surface area (Å²) in [5, 5.41) is 0. The lowest BCUT2D eigenvalue weighted by atomic mass is 9.21. The molecule has 0 aromatic carbocycles. The summed E-state index contributed by atoms with van der Waals surface area (Å²) in [6.07, 6.45) is 39.4. The maximum atomic E-state index is 2.65. The lowest BCUT2D eigenvalue weighted by Crippen LogP contribution is -2.73. The zero-order valence-corrected chi connectivity index (χ0v) is 26.5. The number of hydrogen-bond acceptors (Lipinski definition) is 0. The van der Waals surface area contributed by atoms with E-state index < -0.39 is 0 Å². The molecule has 0 nitrogen and oxygen atoms in total. The molecule has 12 rings (SSSR count). The predicted molar refractivity (Wildman–Crippen MR) is 161 cm³/mol. The van der Waals surface area contributed by atoms with Gasteiger partial charge in [0.25, 0.3) is 0 Å². The van der Waals surface area contributed by atoms with Gasteiger partial charge in [0.1, 0.15) is 0 Å². The first kappa shape index (κ1) is 23.4. The van der Waals surface area contributed by atoms with Crippen LogP contribution in [0.3, 0.4) is 0 Å². The van der Waals surface area contributed by atoms with Crippen molar-refractivity contribution in [2.75, 3.05) is 0 Å². The average Bonchev–Trinajstić information content (AvgIpc) is 3.50. The van der Waals surface area contributed by atoms with E-state index in [-0.39, 0.29) is 0 Å². The van der Waals surface area contributed by atoms with Crippen molar-refractivity contribution in [1.82, 2.24) is 0 Å². The minimum atomic E-state index is 0.726. The molecule has 12 aliphatic carbocycles. The highest BCUT2D eigenvalue weighted by Crippen LogP contribution is 2.91. The molecule has 0 aliphatic heterocycles. The van der Waals surface area contributed by atoms with Gasteiger partial charge in [-0.15, -0.1) is 0 Å². The Morgan fingerprint density at radius 3 is 0.875 bits per heavy atom. The molecule has 0 heteroatoms. The van der Waals surface area contributed by atoms with Crippen LogP contribution in [0, 0.1) is 70.9 Å². The zero-order valence-electron chi connectivity index (χ0n) is 26.5. The van der Waals surface area contributed by atoms with Gasteiger partial charge in [0.2, 0.25) is 0 Å². The van der Waals surface area contributed by atoms with Crippen LogP contribution >= 0.6 is 0 Å². The van der Waals surface area contributed by atoms with E-state index in [0.717, 1.165) is 70.9 Å². The third kappa shape index (κ3) is 2.65. The summed E-state index contributed by atoms with van der Waals surface area (Å²) in [4.78, 5) is 0. The lowest BCUT2D eigenvalue weighted by Gasteiger charge is -2.84. The van der Waals surface area contributed by atoms with Crippen LogP contribution in [-0.4, -0.2) is 0 Å². The average molecular weight is 539 g/mol. The fourth-order valence-corrected chi connectivity index (χ4v) is 20.4. The minimum Gasteiger partial charge on any atom is -0.0620 e. The van der Waals surface area contributed by atoms with E-state index >= 15 is 0 Å². The van der Waals surface area contributed by atoms with E-state index in [2.05, 4.69) is 20.8 Å². The molecule has 0 radical (unpaired) electrons. The molecule has 0 saturated heterocycles. The Bertz CT molecular complexity index is 1210. The van der Waals surface area contributed by atoms with Gasteiger partial charge >= 0.3 is 0 Å². The second-order valence-corrected chi connectivity index (χ2v) is 23.8. The van der Waals surface area contributed by atoms with Crippen LogP contribution in [-0.2, 0) is 0 Å². The molecule has 0 N–H and O–H groups in total. The first-order chi connectivity index (χ1) is 18.7. The molecule has 12 aliphatic rings. The van der Waals surface area contributed by atoms with E-state index in [0.29, 0.717) is 0 Å². The van der Waals surface area contributed by atoms with Gasteiger partial charge in [-0.1, -0.05) is 20.8 Å². The number of rotatable bonds is 2. The molecule has 0 amide bonds. The molecule has 12 saturated carbocycles. The van der Waals surface area contributed by atoms with Crippen LogP contribution in [0.4, 0.5) is 0 Å². The van der Waals surface area contributed by atoms with E-state index in [1.54, 1.807) is 141 Å². The standard InChI is InChI=1S/C40H58/c1-28-6-40(28)26-39(27-40)24-38(25-39)22-37(23-38)20-36(21-37)18-35(19-36)16-34(17-35)14-33(15-34)12-32(13-33)10-31(11-32)8-30(3,9-31)7-29(2)4-5-29/h28H,4-27H2,1-3H3. The molecule has 1 unspecified atom stereocenters. The molecule has 1 atom stereocenters. The summed E-state index contributed by atoms with van der Waals surface area (Å²) in [5.74, 6) is 1.08. The smallest absolute Gasteiger partial charge is 0.0258 e. The Labute approximate surface area is 245 Å². The summed E-state index contributed by atoms with van der Waals surface area (Å²) in [5.41, 5.74) is 10.1. The summed E-state index contributed by atoms with van der Waals surface area (Å²) in [6.45, 7) is 7.74. The largest absolute Gasteiger partial charge is 0.0620 e. The van der Waals surface area contributed by atoms with Crippen molar-refractivity contribution < 1.29 is 0 Å². The molecule has 0 heterocycles. The van der Waals surface area contributed by atoms with Crippen LogP contribution in [0.15, 0.2) is 0 Å². The quantitative estimate of drug-likeness (QED) is 0.328. The summed E-state index contributed by atoms with van der Waals surface area (Å²) < 4.78 is 0. The Hall–Kier alpha value is 0. The van der Waals surface area contributed by atoms with Crippen molar-refractivity contribution in [3.05, 3.63) is 0 Å². The molecular formula is C40H58. The highest BCUT2D eigenvalue weighted by atomic mass is 14.9. The van der Waals surface area contributed by atoms with Crippen LogP contribution in [0.25, 0.3) is 0 Å². The summed E-state index contributed by atoms with van der Waals surface area (Å²) in [7, 11) is 0. The van der Waals surface area contributed by atoms with E-state index in [4.69, 9.17) is 0 Å². The highest BCUT2D eigenvalue weighted by molar-refractivity contribution is 5.31. The maximum Gasteiger partial charge on any atom is -0.0258 e. The molecule has 218 valence electrons. The first-order valence-electron chi connectivity index (χ1n) is 18.7. The molecule has 12 fully saturated rings. The van der Waals surface area contributed by atoms with Crippen LogP contribution in [0.2, 0.25) is 0 Å². The molecule has 0 aromatic heterocycles. The molecule has 40 heavy (non-hydrogen) atoms.